The maximum Gasteiger partial charge on any atom is 0.320 e. The van der Waals surface area contributed by atoms with E-state index in [1.165, 1.54) is 30.3 Å². The first-order chi connectivity index (χ1) is 11.4. The van der Waals surface area contributed by atoms with Crippen LogP contribution in [0.4, 0.5) is 4.39 Å². The van der Waals surface area contributed by atoms with Gasteiger partial charge in [0.2, 0.25) is 0 Å². The molecule has 0 radical (unpaired) electrons. The summed E-state index contributed by atoms with van der Waals surface area (Å²) in [5.41, 5.74) is 0.158. The lowest BCUT2D eigenvalue weighted by Gasteiger charge is -2.20. The number of carboxylic acid groups (broad SMARTS) is 1. The highest BCUT2D eigenvalue weighted by Gasteiger charge is 2.46. The Morgan fingerprint density at radius 2 is 1.68 bits per heavy atom. The van der Waals surface area contributed by atoms with Gasteiger partial charge in [0.25, 0.3) is 0 Å². The summed E-state index contributed by atoms with van der Waals surface area (Å²) >= 11 is 0. The van der Waals surface area contributed by atoms with Crippen molar-refractivity contribution >= 4 is 28.2 Å². The van der Waals surface area contributed by atoms with Gasteiger partial charge in [0.1, 0.15) is 11.9 Å². The number of aliphatic carboxylic acids is 1. The van der Waals surface area contributed by atoms with Crippen LogP contribution < -0.4 is 5.32 Å². The maximum atomic E-state index is 14.2. The van der Waals surface area contributed by atoms with Crippen LogP contribution in [-0.2, 0) is 14.6 Å². The number of sulfone groups is 1. The van der Waals surface area contributed by atoms with Crippen LogP contribution in [-0.4, -0.2) is 30.8 Å². The number of carbonyl (C=O) groups is 1. The van der Waals surface area contributed by atoms with Crippen molar-refractivity contribution in [2.24, 2.45) is 0 Å². The standard InChI is InChI=1S/C17H16FNO4S.ClH/c18-13-9-5-4-8-12(13)16-15(10-14(19-16)17(20)21)24(22,23)11-6-2-1-3-7-11;/h1-9,14-16,19H,10H2,(H,20,21);1H. The Labute approximate surface area is 151 Å². The molecule has 1 heterocycles. The van der Waals surface area contributed by atoms with E-state index in [2.05, 4.69) is 5.32 Å². The number of nitrogens with one attached hydrogen (secondary N) is 1. The molecule has 0 bridgehead atoms. The van der Waals surface area contributed by atoms with E-state index >= 15 is 0 Å². The minimum Gasteiger partial charge on any atom is -0.480 e. The van der Waals surface area contributed by atoms with Crippen molar-refractivity contribution in [2.45, 2.75) is 28.6 Å². The van der Waals surface area contributed by atoms with E-state index in [0.29, 0.717) is 0 Å². The molecule has 3 rings (SSSR count). The Morgan fingerprint density at radius 1 is 1.08 bits per heavy atom. The quantitative estimate of drug-likeness (QED) is 0.845. The smallest absolute Gasteiger partial charge is 0.320 e. The van der Waals surface area contributed by atoms with Gasteiger partial charge in [-0.2, -0.15) is 0 Å². The molecule has 0 aliphatic carbocycles. The molecule has 5 nitrogen and oxygen atoms in total. The molecule has 1 aliphatic rings. The summed E-state index contributed by atoms with van der Waals surface area (Å²) in [6.07, 6.45) is -0.119. The van der Waals surface area contributed by atoms with Gasteiger partial charge in [0.05, 0.1) is 16.2 Å². The fourth-order valence-electron chi connectivity index (χ4n) is 3.04. The third kappa shape index (κ3) is 3.68. The molecule has 3 atom stereocenters. The molecule has 134 valence electrons. The van der Waals surface area contributed by atoms with Crippen molar-refractivity contribution in [1.29, 1.82) is 0 Å². The molecular weight excluding hydrogens is 369 g/mol. The predicted octanol–water partition coefficient (Wildman–Crippen LogP) is 2.58. The number of hydrogen-bond donors (Lipinski definition) is 2. The molecule has 2 aromatic carbocycles. The Hall–Kier alpha value is -1.96. The normalized spacial score (nSPS) is 23.0. The molecule has 0 spiro atoms. The van der Waals surface area contributed by atoms with Crippen molar-refractivity contribution < 1.29 is 22.7 Å². The van der Waals surface area contributed by atoms with E-state index < -0.39 is 39.0 Å². The average molecular weight is 386 g/mol. The van der Waals surface area contributed by atoms with Crippen LogP contribution in [0, 0.1) is 5.82 Å². The number of benzene rings is 2. The van der Waals surface area contributed by atoms with Crippen LogP contribution in [0.1, 0.15) is 18.0 Å². The van der Waals surface area contributed by atoms with Gasteiger partial charge in [-0.25, -0.2) is 12.8 Å². The zero-order chi connectivity index (χ0) is 17.3. The first kappa shape index (κ1) is 19.4. The third-order valence-corrected chi connectivity index (χ3v) is 6.42. The monoisotopic (exact) mass is 385 g/mol. The second-order valence-corrected chi connectivity index (χ2v) is 7.86. The van der Waals surface area contributed by atoms with Crippen LogP contribution in [0.3, 0.4) is 0 Å². The Balaban J connectivity index is 0.00000225. The number of halogens is 2. The fourth-order valence-corrected chi connectivity index (χ4v) is 4.96. The highest BCUT2D eigenvalue weighted by atomic mass is 35.5. The third-order valence-electron chi connectivity index (χ3n) is 4.23. The zero-order valence-electron chi connectivity index (χ0n) is 13.0. The molecule has 1 saturated heterocycles. The summed E-state index contributed by atoms with van der Waals surface area (Å²) in [4.78, 5) is 11.4. The highest BCUT2D eigenvalue weighted by molar-refractivity contribution is 7.92. The van der Waals surface area contributed by atoms with Gasteiger partial charge in [-0.15, -0.1) is 12.4 Å². The Morgan fingerprint density at radius 3 is 2.28 bits per heavy atom. The molecule has 25 heavy (non-hydrogen) atoms. The molecule has 0 saturated carbocycles. The van der Waals surface area contributed by atoms with E-state index in [0.717, 1.165) is 0 Å². The summed E-state index contributed by atoms with van der Waals surface area (Å²) in [5.74, 6) is -1.71. The average Bonchev–Trinajstić information content (AvgIpc) is 3.02. The van der Waals surface area contributed by atoms with E-state index in [9.17, 15) is 22.7 Å². The highest BCUT2D eigenvalue weighted by Crippen LogP contribution is 2.36. The molecule has 2 aromatic rings. The van der Waals surface area contributed by atoms with Crippen LogP contribution in [0.2, 0.25) is 0 Å². The topological polar surface area (TPSA) is 83.5 Å². The second kappa shape index (κ2) is 7.51. The van der Waals surface area contributed by atoms with Gasteiger partial charge in [-0.1, -0.05) is 36.4 Å². The first-order valence-electron chi connectivity index (χ1n) is 7.43. The van der Waals surface area contributed by atoms with E-state index in [-0.39, 0.29) is 29.3 Å². The number of hydrogen-bond acceptors (Lipinski definition) is 4. The van der Waals surface area contributed by atoms with Crippen LogP contribution in [0.15, 0.2) is 59.5 Å². The first-order valence-corrected chi connectivity index (χ1v) is 8.98. The summed E-state index contributed by atoms with van der Waals surface area (Å²) in [6, 6.07) is 11.7. The Kier molecular flexibility index (Phi) is 5.82. The molecule has 0 amide bonds. The SMILES string of the molecule is Cl.O=C(O)C1CC(S(=O)(=O)c2ccccc2)C(c2ccccc2F)N1. The van der Waals surface area contributed by atoms with Gasteiger partial charge in [-0.05, 0) is 24.6 Å². The number of rotatable bonds is 4. The van der Waals surface area contributed by atoms with E-state index in [1.807, 2.05) is 0 Å². The van der Waals surface area contributed by atoms with E-state index in [4.69, 9.17) is 0 Å². The van der Waals surface area contributed by atoms with Gasteiger partial charge < -0.3 is 5.11 Å². The second-order valence-electron chi connectivity index (χ2n) is 5.69. The van der Waals surface area contributed by atoms with Crippen LogP contribution in [0.5, 0.6) is 0 Å². The van der Waals surface area contributed by atoms with Crippen molar-refractivity contribution in [2.75, 3.05) is 0 Å². The lowest BCUT2D eigenvalue weighted by molar-refractivity contribution is -0.139. The summed E-state index contributed by atoms with van der Waals surface area (Å²) in [5, 5.41) is 10.9. The van der Waals surface area contributed by atoms with Crippen molar-refractivity contribution in [3.8, 4) is 0 Å². The van der Waals surface area contributed by atoms with Gasteiger partial charge in [0, 0.05) is 5.56 Å². The zero-order valence-corrected chi connectivity index (χ0v) is 14.6. The van der Waals surface area contributed by atoms with Crippen LogP contribution >= 0.6 is 12.4 Å². The van der Waals surface area contributed by atoms with Gasteiger partial charge in [-0.3, -0.25) is 10.1 Å². The lowest BCUT2D eigenvalue weighted by Crippen LogP contribution is -2.33. The van der Waals surface area contributed by atoms with Gasteiger partial charge >= 0.3 is 5.97 Å². The number of carboxylic acids is 1. The van der Waals surface area contributed by atoms with Crippen molar-refractivity contribution in [3.05, 3.63) is 66.0 Å². The minimum absolute atomic E-state index is 0. The molecule has 1 aliphatic heterocycles. The summed E-state index contributed by atoms with van der Waals surface area (Å²) < 4.78 is 40.0. The Bertz CT molecular complexity index is 860. The van der Waals surface area contributed by atoms with Gasteiger partial charge in [0.15, 0.2) is 9.84 Å². The van der Waals surface area contributed by atoms with Crippen molar-refractivity contribution in [1.82, 2.24) is 5.32 Å². The molecular formula is C17H17ClFNO4S. The summed E-state index contributed by atoms with van der Waals surface area (Å²) in [6.45, 7) is 0. The maximum absolute atomic E-state index is 14.2. The van der Waals surface area contributed by atoms with Crippen molar-refractivity contribution in [3.63, 3.8) is 0 Å². The summed E-state index contributed by atoms with van der Waals surface area (Å²) in [7, 11) is -3.81. The lowest BCUT2D eigenvalue weighted by atomic mass is 10.0. The van der Waals surface area contributed by atoms with Crippen LogP contribution in [0.25, 0.3) is 0 Å². The minimum atomic E-state index is -3.81. The molecule has 3 unspecified atom stereocenters. The van der Waals surface area contributed by atoms with E-state index in [1.54, 1.807) is 24.3 Å². The molecule has 0 aromatic heterocycles. The predicted molar refractivity (Wildman–Crippen MR) is 93.0 cm³/mol. The molecule has 8 heteroatoms. The molecule has 2 N–H and O–H groups in total. The fraction of sp³-hybridized carbons (Fsp3) is 0.235. The largest absolute Gasteiger partial charge is 0.480 e. The molecule has 1 fully saturated rings.